The molecule has 0 aliphatic heterocycles. The van der Waals surface area contributed by atoms with E-state index in [4.69, 9.17) is 0 Å². The topological polar surface area (TPSA) is 35.6 Å². The quantitative estimate of drug-likeness (QED) is 0.451. The summed E-state index contributed by atoms with van der Waals surface area (Å²) in [5.74, 6) is 3.71. The van der Waals surface area contributed by atoms with Gasteiger partial charge in [-0.3, -0.25) is 9.36 Å². The fourth-order valence-electron chi connectivity index (χ4n) is 3.72. The summed E-state index contributed by atoms with van der Waals surface area (Å²) >= 11 is 0. The molecule has 2 heterocycles. The molecule has 0 bridgehead atoms. The molecule has 4 atom stereocenters. The van der Waals surface area contributed by atoms with E-state index >= 15 is 0 Å². The predicted molar refractivity (Wildman–Crippen MR) is 119 cm³/mol. The molecule has 0 saturated carbocycles. The minimum absolute atomic E-state index is 0.552. The standard InChI is InChI=1S/C24H42N4/c1-17(2)13-27-16-24(12-25-27)22(8)20(6)10-9-19(5)14-28-15-23(11-26-28)21(7)18(3)4/h11-12,15-22H,9-10,13-14H2,1-8H3/t19?,20?,21-,22+/m1/s1. The molecule has 0 fully saturated rings. The maximum atomic E-state index is 4.60. The smallest absolute Gasteiger partial charge is 0.0524 e. The van der Waals surface area contributed by atoms with Crippen molar-refractivity contribution in [2.45, 2.75) is 93.2 Å². The van der Waals surface area contributed by atoms with E-state index in [0.29, 0.717) is 35.5 Å². The lowest BCUT2D eigenvalue weighted by Crippen LogP contribution is -2.12. The van der Waals surface area contributed by atoms with E-state index in [1.54, 1.807) is 0 Å². The number of hydrogen-bond donors (Lipinski definition) is 0. The van der Waals surface area contributed by atoms with Crippen molar-refractivity contribution in [1.29, 1.82) is 0 Å². The molecule has 2 aromatic heterocycles. The van der Waals surface area contributed by atoms with Gasteiger partial charge < -0.3 is 0 Å². The average Bonchev–Trinajstić information content (AvgIpc) is 3.27. The lowest BCUT2D eigenvalue weighted by Gasteiger charge is -2.21. The zero-order valence-electron chi connectivity index (χ0n) is 19.4. The molecule has 2 rings (SSSR count). The Morgan fingerprint density at radius 3 is 1.79 bits per heavy atom. The van der Waals surface area contributed by atoms with E-state index in [1.807, 2.05) is 0 Å². The summed E-state index contributed by atoms with van der Waals surface area (Å²) in [5, 5.41) is 9.15. The third kappa shape index (κ3) is 6.49. The summed E-state index contributed by atoms with van der Waals surface area (Å²) in [6.45, 7) is 20.4. The normalized spacial score (nSPS) is 16.5. The molecule has 0 aliphatic rings. The minimum Gasteiger partial charge on any atom is -0.272 e. The highest BCUT2D eigenvalue weighted by Crippen LogP contribution is 2.29. The highest BCUT2D eigenvalue weighted by atomic mass is 15.3. The molecule has 28 heavy (non-hydrogen) atoms. The van der Waals surface area contributed by atoms with Crippen molar-refractivity contribution in [2.75, 3.05) is 0 Å². The van der Waals surface area contributed by atoms with E-state index < -0.39 is 0 Å². The lowest BCUT2D eigenvalue weighted by molar-refractivity contribution is 0.355. The molecule has 4 nitrogen and oxygen atoms in total. The first-order chi connectivity index (χ1) is 13.2. The second kappa shape index (κ2) is 10.3. The third-order valence-corrected chi connectivity index (χ3v) is 6.38. The summed E-state index contributed by atoms with van der Waals surface area (Å²) in [5.41, 5.74) is 2.74. The van der Waals surface area contributed by atoms with E-state index in [2.05, 4.69) is 99.7 Å². The van der Waals surface area contributed by atoms with Crippen molar-refractivity contribution in [1.82, 2.24) is 19.6 Å². The van der Waals surface area contributed by atoms with Gasteiger partial charge in [-0.05, 0) is 59.5 Å². The second-order valence-corrected chi connectivity index (χ2v) is 9.87. The lowest BCUT2D eigenvalue weighted by atomic mass is 9.85. The molecule has 0 N–H and O–H groups in total. The molecule has 158 valence electrons. The average molecular weight is 387 g/mol. The van der Waals surface area contributed by atoms with Crippen molar-refractivity contribution in [3.63, 3.8) is 0 Å². The van der Waals surface area contributed by atoms with Gasteiger partial charge in [-0.15, -0.1) is 0 Å². The number of rotatable bonds is 11. The van der Waals surface area contributed by atoms with Crippen LogP contribution >= 0.6 is 0 Å². The summed E-state index contributed by atoms with van der Waals surface area (Å²) in [6, 6.07) is 0. The SMILES string of the molecule is CC(C)Cn1cc([C@@H](C)C(C)CCC(C)Cn2cc([C@H](C)C(C)C)cn2)cn1. The molecule has 2 aromatic rings. The second-order valence-electron chi connectivity index (χ2n) is 9.87. The largest absolute Gasteiger partial charge is 0.272 e. The summed E-state index contributed by atoms with van der Waals surface area (Å²) in [7, 11) is 0. The van der Waals surface area contributed by atoms with Crippen LogP contribution in [0.4, 0.5) is 0 Å². The Kier molecular flexibility index (Phi) is 8.33. The fraction of sp³-hybridized carbons (Fsp3) is 0.750. The first kappa shape index (κ1) is 22.7. The van der Waals surface area contributed by atoms with E-state index in [1.165, 1.54) is 24.0 Å². The van der Waals surface area contributed by atoms with Crippen LogP contribution < -0.4 is 0 Å². The Morgan fingerprint density at radius 2 is 1.25 bits per heavy atom. The van der Waals surface area contributed by atoms with Gasteiger partial charge in [0.2, 0.25) is 0 Å². The van der Waals surface area contributed by atoms with Crippen LogP contribution in [0.3, 0.4) is 0 Å². The Hall–Kier alpha value is -1.58. The molecule has 0 aliphatic carbocycles. The van der Waals surface area contributed by atoms with Gasteiger partial charge in [0, 0.05) is 25.5 Å². The van der Waals surface area contributed by atoms with Gasteiger partial charge in [-0.2, -0.15) is 10.2 Å². The highest BCUT2D eigenvalue weighted by Gasteiger charge is 2.18. The van der Waals surface area contributed by atoms with E-state index in [-0.39, 0.29) is 0 Å². The molecular weight excluding hydrogens is 344 g/mol. The summed E-state index contributed by atoms with van der Waals surface area (Å²) in [6.07, 6.45) is 11.1. The molecular formula is C24H42N4. The van der Waals surface area contributed by atoms with Crippen LogP contribution in [0, 0.1) is 23.7 Å². The van der Waals surface area contributed by atoms with Crippen molar-refractivity contribution in [2.24, 2.45) is 23.7 Å². The highest BCUT2D eigenvalue weighted by molar-refractivity contribution is 5.12. The van der Waals surface area contributed by atoms with E-state index in [0.717, 1.165) is 13.1 Å². The summed E-state index contributed by atoms with van der Waals surface area (Å²) in [4.78, 5) is 0. The zero-order chi connectivity index (χ0) is 20.8. The first-order valence-electron chi connectivity index (χ1n) is 11.2. The fourth-order valence-corrected chi connectivity index (χ4v) is 3.72. The van der Waals surface area contributed by atoms with Crippen LogP contribution in [-0.4, -0.2) is 19.6 Å². The number of nitrogens with zero attached hydrogens (tertiary/aromatic N) is 4. The minimum atomic E-state index is 0.552. The van der Waals surface area contributed by atoms with Crippen LogP contribution in [0.2, 0.25) is 0 Å². The van der Waals surface area contributed by atoms with E-state index in [9.17, 15) is 0 Å². The van der Waals surface area contributed by atoms with Gasteiger partial charge in [0.05, 0.1) is 12.4 Å². The van der Waals surface area contributed by atoms with Crippen LogP contribution in [0.5, 0.6) is 0 Å². The van der Waals surface area contributed by atoms with Gasteiger partial charge in [0.25, 0.3) is 0 Å². The van der Waals surface area contributed by atoms with Crippen LogP contribution in [-0.2, 0) is 13.1 Å². The number of hydrogen-bond acceptors (Lipinski definition) is 2. The monoisotopic (exact) mass is 386 g/mol. The van der Waals surface area contributed by atoms with Crippen molar-refractivity contribution in [3.05, 3.63) is 35.9 Å². The van der Waals surface area contributed by atoms with Gasteiger partial charge in [-0.1, -0.05) is 55.4 Å². The van der Waals surface area contributed by atoms with Gasteiger partial charge >= 0.3 is 0 Å². The van der Waals surface area contributed by atoms with Crippen molar-refractivity contribution >= 4 is 0 Å². The molecule has 0 amide bonds. The maximum absolute atomic E-state index is 4.60. The Morgan fingerprint density at radius 1 is 0.714 bits per heavy atom. The summed E-state index contributed by atoms with van der Waals surface area (Å²) < 4.78 is 4.24. The Balaban J connectivity index is 1.81. The van der Waals surface area contributed by atoms with Crippen LogP contribution in [0.15, 0.2) is 24.8 Å². The van der Waals surface area contributed by atoms with Gasteiger partial charge in [0.15, 0.2) is 0 Å². The van der Waals surface area contributed by atoms with Crippen LogP contribution in [0.1, 0.15) is 91.2 Å². The maximum Gasteiger partial charge on any atom is 0.0524 e. The van der Waals surface area contributed by atoms with Gasteiger partial charge in [-0.25, -0.2) is 0 Å². The third-order valence-electron chi connectivity index (χ3n) is 6.38. The molecule has 0 spiro atoms. The molecule has 0 aromatic carbocycles. The van der Waals surface area contributed by atoms with Gasteiger partial charge in [0.1, 0.15) is 0 Å². The predicted octanol–water partition coefficient (Wildman–Crippen LogP) is 6.35. The molecule has 2 unspecified atom stereocenters. The zero-order valence-corrected chi connectivity index (χ0v) is 19.4. The molecule has 0 saturated heterocycles. The molecule has 4 heteroatoms. The van der Waals surface area contributed by atoms with Crippen molar-refractivity contribution in [3.8, 4) is 0 Å². The van der Waals surface area contributed by atoms with Crippen LogP contribution in [0.25, 0.3) is 0 Å². The Labute approximate surface area is 172 Å². The molecule has 0 radical (unpaired) electrons. The van der Waals surface area contributed by atoms with Crippen molar-refractivity contribution < 1.29 is 0 Å². The number of aromatic nitrogens is 4. The Bertz CT molecular complexity index is 697. The first-order valence-corrected chi connectivity index (χ1v) is 11.2.